The summed E-state index contributed by atoms with van der Waals surface area (Å²) in [5.41, 5.74) is 0.141. The Hall–Kier alpha value is -1.88. The van der Waals surface area contributed by atoms with Crippen molar-refractivity contribution >= 4 is 35.1 Å². The van der Waals surface area contributed by atoms with Crippen molar-refractivity contribution < 1.29 is 19.5 Å². The van der Waals surface area contributed by atoms with Crippen molar-refractivity contribution in [1.29, 1.82) is 0 Å². The first-order chi connectivity index (χ1) is 9.00. The van der Waals surface area contributed by atoms with Crippen LogP contribution < -0.4 is 4.90 Å². The van der Waals surface area contributed by atoms with Crippen molar-refractivity contribution in [3.8, 4) is 0 Å². The molecule has 0 atom stereocenters. The Balaban J connectivity index is 2.44. The van der Waals surface area contributed by atoms with Crippen LogP contribution >= 0.6 is 11.6 Å². The highest BCUT2D eigenvalue weighted by atomic mass is 35.5. The molecule has 1 aliphatic rings. The van der Waals surface area contributed by atoms with Crippen LogP contribution in [0.3, 0.4) is 0 Å². The molecule has 1 N–H and O–H groups in total. The van der Waals surface area contributed by atoms with Gasteiger partial charge in [-0.1, -0.05) is 11.6 Å². The molecule has 6 heteroatoms. The molecular formula is C13H12ClNO4. The first-order valence-electron chi connectivity index (χ1n) is 5.89. The second-order valence-electron chi connectivity index (χ2n) is 4.30. The summed E-state index contributed by atoms with van der Waals surface area (Å²) in [6, 6.07) is 4.12. The smallest absolute Gasteiger partial charge is 0.337 e. The van der Waals surface area contributed by atoms with Crippen molar-refractivity contribution in [1.82, 2.24) is 0 Å². The Morgan fingerprint density at radius 1 is 1.16 bits per heavy atom. The molecule has 1 aromatic carbocycles. The van der Waals surface area contributed by atoms with E-state index in [-0.39, 0.29) is 40.9 Å². The number of imide groups is 1. The van der Waals surface area contributed by atoms with Gasteiger partial charge in [0, 0.05) is 12.8 Å². The lowest BCUT2D eigenvalue weighted by molar-refractivity contribution is -0.125. The molecule has 100 valence electrons. The Bertz CT molecular complexity index is 538. The molecule has 1 aromatic rings. The van der Waals surface area contributed by atoms with Gasteiger partial charge in [0.15, 0.2) is 0 Å². The van der Waals surface area contributed by atoms with Gasteiger partial charge in [0.25, 0.3) is 0 Å². The number of halogens is 1. The summed E-state index contributed by atoms with van der Waals surface area (Å²) >= 11 is 5.77. The summed E-state index contributed by atoms with van der Waals surface area (Å²) < 4.78 is 0. The fraction of sp³-hybridized carbons (Fsp3) is 0.308. The van der Waals surface area contributed by atoms with Gasteiger partial charge in [-0.05, 0) is 31.0 Å². The molecule has 0 bridgehead atoms. The molecule has 1 aliphatic heterocycles. The zero-order valence-electron chi connectivity index (χ0n) is 10.1. The first kappa shape index (κ1) is 13.5. The SMILES string of the molecule is O=C(O)c1cc(N2C(=O)CCCCC2=O)ccc1Cl. The molecule has 0 saturated carbocycles. The molecule has 1 saturated heterocycles. The van der Waals surface area contributed by atoms with E-state index < -0.39 is 5.97 Å². The molecule has 0 spiro atoms. The maximum Gasteiger partial charge on any atom is 0.337 e. The number of benzene rings is 1. The van der Waals surface area contributed by atoms with Crippen molar-refractivity contribution in [2.75, 3.05) is 4.90 Å². The first-order valence-corrected chi connectivity index (χ1v) is 6.27. The van der Waals surface area contributed by atoms with Crippen LogP contribution in [-0.4, -0.2) is 22.9 Å². The van der Waals surface area contributed by atoms with Gasteiger partial charge in [-0.25, -0.2) is 4.79 Å². The van der Waals surface area contributed by atoms with Gasteiger partial charge in [-0.3, -0.25) is 14.5 Å². The van der Waals surface area contributed by atoms with E-state index in [2.05, 4.69) is 0 Å². The van der Waals surface area contributed by atoms with Crippen LogP contribution in [0.25, 0.3) is 0 Å². The van der Waals surface area contributed by atoms with Gasteiger partial charge in [0.05, 0.1) is 16.3 Å². The summed E-state index contributed by atoms with van der Waals surface area (Å²) in [4.78, 5) is 35.9. The molecule has 1 fully saturated rings. The number of aromatic carboxylic acids is 1. The minimum atomic E-state index is -1.19. The molecule has 2 rings (SSSR count). The predicted molar refractivity (Wildman–Crippen MR) is 69.4 cm³/mol. The van der Waals surface area contributed by atoms with Crippen LogP contribution in [0.5, 0.6) is 0 Å². The number of hydrogen-bond acceptors (Lipinski definition) is 3. The predicted octanol–water partition coefficient (Wildman–Crippen LogP) is 2.47. The molecule has 1 heterocycles. The minimum absolute atomic E-state index is 0.0750. The standard InChI is InChI=1S/C13H12ClNO4/c14-10-6-5-8(7-9(10)13(18)19)15-11(16)3-1-2-4-12(15)17/h5-7H,1-4H2,(H,18,19). The van der Waals surface area contributed by atoms with Crippen LogP contribution in [0.2, 0.25) is 5.02 Å². The fourth-order valence-electron chi connectivity index (χ4n) is 2.02. The largest absolute Gasteiger partial charge is 0.478 e. The summed E-state index contributed by atoms with van der Waals surface area (Å²) in [6.07, 6.45) is 1.91. The van der Waals surface area contributed by atoms with E-state index in [1.165, 1.54) is 18.2 Å². The lowest BCUT2D eigenvalue weighted by Gasteiger charge is -2.19. The van der Waals surface area contributed by atoms with Gasteiger partial charge >= 0.3 is 5.97 Å². The number of nitrogens with zero attached hydrogens (tertiary/aromatic N) is 1. The number of amides is 2. The topological polar surface area (TPSA) is 74.7 Å². The van der Waals surface area contributed by atoms with Crippen molar-refractivity contribution in [2.24, 2.45) is 0 Å². The van der Waals surface area contributed by atoms with Gasteiger partial charge in [0.2, 0.25) is 11.8 Å². The van der Waals surface area contributed by atoms with E-state index in [9.17, 15) is 14.4 Å². The third-order valence-electron chi connectivity index (χ3n) is 2.97. The highest BCUT2D eigenvalue weighted by Crippen LogP contribution is 2.26. The number of carbonyl (C=O) groups excluding carboxylic acids is 2. The average Bonchev–Trinajstić information content (AvgIpc) is 2.52. The second kappa shape index (κ2) is 5.40. The van der Waals surface area contributed by atoms with Crippen LogP contribution in [-0.2, 0) is 9.59 Å². The van der Waals surface area contributed by atoms with E-state index in [0.717, 1.165) is 4.90 Å². The third kappa shape index (κ3) is 2.76. The molecule has 0 radical (unpaired) electrons. The monoisotopic (exact) mass is 281 g/mol. The van der Waals surface area contributed by atoms with E-state index >= 15 is 0 Å². The number of carbonyl (C=O) groups is 3. The van der Waals surface area contributed by atoms with Crippen LogP contribution in [0.1, 0.15) is 36.0 Å². The van der Waals surface area contributed by atoms with Gasteiger partial charge < -0.3 is 5.11 Å². The molecule has 0 aromatic heterocycles. The highest BCUT2D eigenvalue weighted by molar-refractivity contribution is 6.33. The van der Waals surface area contributed by atoms with Gasteiger partial charge in [-0.15, -0.1) is 0 Å². The van der Waals surface area contributed by atoms with Crippen molar-refractivity contribution in [2.45, 2.75) is 25.7 Å². The Labute approximate surface area is 114 Å². The maximum absolute atomic E-state index is 11.9. The highest BCUT2D eigenvalue weighted by Gasteiger charge is 2.26. The number of carboxylic acid groups (broad SMARTS) is 1. The lowest BCUT2D eigenvalue weighted by atomic mass is 10.1. The molecule has 5 nitrogen and oxygen atoms in total. The van der Waals surface area contributed by atoms with E-state index in [1.807, 2.05) is 0 Å². The summed E-state index contributed by atoms with van der Waals surface area (Å²) in [7, 11) is 0. The van der Waals surface area contributed by atoms with E-state index in [1.54, 1.807) is 0 Å². The van der Waals surface area contributed by atoms with Crippen LogP contribution in [0, 0.1) is 0 Å². The normalized spacial score (nSPS) is 16.4. The number of rotatable bonds is 2. The van der Waals surface area contributed by atoms with Crippen LogP contribution in [0.15, 0.2) is 18.2 Å². The number of hydrogen-bond donors (Lipinski definition) is 1. The summed E-state index contributed by atoms with van der Waals surface area (Å²) in [5, 5.41) is 9.08. The van der Waals surface area contributed by atoms with Gasteiger partial charge in [0.1, 0.15) is 0 Å². The lowest BCUT2D eigenvalue weighted by Crippen LogP contribution is -2.35. The zero-order chi connectivity index (χ0) is 14.0. The number of carboxylic acids is 1. The molecular weight excluding hydrogens is 270 g/mol. The molecule has 19 heavy (non-hydrogen) atoms. The van der Waals surface area contributed by atoms with Crippen molar-refractivity contribution in [3.63, 3.8) is 0 Å². The Morgan fingerprint density at radius 3 is 2.26 bits per heavy atom. The Kier molecular flexibility index (Phi) is 3.85. The average molecular weight is 282 g/mol. The quantitative estimate of drug-likeness (QED) is 0.845. The van der Waals surface area contributed by atoms with E-state index in [0.29, 0.717) is 12.8 Å². The minimum Gasteiger partial charge on any atom is -0.478 e. The number of anilines is 1. The fourth-order valence-corrected chi connectivity index (χ4v) is 2.22. The third-order valence-corrected chi connectivity index (χ3v) is 3.30. The van der Waals surface area contributed by atoms with Crippen LogP contribution in [0.4, 0.5) is 5.69 Å². The molecule has 0 unspecified atom stereocenters. The second-order valence-corrected chi connectivity index (χ2v) is 4.71. The zero-order valence-corrected chi connectivity index (χ0v) is 10.8. The van der Waals surface area contributed by atoms with E-state index in [4.69, 9.17) is 16.7 Å². The maximum atomic E-state index is 11.9. The summed E-state index contributed by atoms with van der Waals surface area (Å²) in [5.74, 6) is -1.80. The van der Waals surface area contributed by atoms with Crippen molar-refractivity contribution in [3.05, 3.63) is 28.8 Å². The molecule has 2 amide bonds. The van der Waals surface area contributed by atoms with Gasteiger partial charge in [-0.2, -0.15) is 0 Å². The summed E-state index contributed by atoms with van der Waals surface area (Å²) in [6.45, 7) is 0. The Morgan fingerprint density at radius 2 is 1.74 bits per heavy atom. The molecule has 0 aliphatic carbocycles.